The highest BCUT2D eigenvalue weighted by molar-refractivity contribution is 7.81. The van der Waals surface area contributed by atoms with E-state index in [1.165, 1.54) is 101 Å². The molecule has 8 aliphatic heterocycles. The quantitative estimate of drug-likeness (QED) is 0.0900. The molecule has 0 saturated carbocycles. The molecular weight excluding hydrogens is 1420 g/mol. The van der Waals surface area contributed by atoms with Crippen molar-refractivity contribution in [2.24, 2.45) is 0 Å². The van der Waals surface area contributed by atoms with Crippen LogP contribution in [0.15, 0.2) is 220 Å². The molecule has 20 heteroatoms. The fourth-order valence-electron chi connectivity index (χ4n) is 17.6. The first kappa shape index (κ1) is 70.1. The Morgan fingerprint density at radius 3 is 1.03 bits per heavy atom. The molecule has 0 saturated heterocycles. The van der Waals surface area contributed by atoms with E-state index in [4.69, 9.17) is 68.3 Å². The molecule has 0 bridgehead atoms. The number of methoxy groups -OCH3 is 3. The van der Waals surface area contributed by atoms with Gasteiger partial charge in [-0.15, -0.1) is 0 Å². The van der Waals surface area contributed by atoms with E-state index in [1.54, 1.807) is 21.3 Å². The third-order valence-corrected chi connectivity index (χ3v) is 24.2. The third kappa shape index (κ3) is 13.4. The van der Waals surface area contributed by atoms with Crippen molar-refractivity contribution in [1.82, 2.24) is 38.2 Å². The van der Waals surface area contributed by atoms with Crippen LogP contribution in [0.2, 0.25) is 0 Å². The van der Waals surface area contributed by atoms with Crippen molar-refractivity contribution in [3.63, 3.8) is 0 Å². The fourth-order valence-corrected chi connectivity index (χ4v) is 18.8. The van der Waals surface area contributed by atoms with Crippen molar-refractivity contribution in [3.05, 3.63) is 315 Å². The molecule has 4 unspecified atom stereocenters. The standard InChI is InChI=1S/C22H18N4S.3C22H21N3OS/c23-13-15-1-3-16(4-2-15)21(25-10-8-24-14-25)19-11-17-5-6-20(27)26-9-7-18(12-19)22(17)26;1-26-19-5-2-15(3-6-19)21(24-11-9-23-14-24)18-12-16-4-7-20(27)25-10-8-17(13-18)22(16)25;1-26-19-4-2-3-15(13-19)21(24-10-8-23-14-24)18-11-16-5-6-20(27)25-9-7-17(12-18)22(16)25;1-26-19-5-3-2-4-18(19)22(24-11-9-23-14-24)17-12-15-6-7-20(27)25-10-8-16(13-17)21(15)25/h1-4,8,10-12,14,21H,5-7,9H2;2-3,5-6,9,11-14,21H,4,7-8,10H2,1H3;2-4,8,10-14,21H,5-7,9H2,1H3;2-5,9,11-14,22H,6-8,10H2,1H3. The van der Waals surface area contributed by atoms with Crippen molar-refractivity contribution in [2.75, 3.05) is 67.1 Å². The Balaban J connectivity index is 0.000000105. The van der Waals surface area contributed by atoms with Crippen LogP contribution in [0.5, 0.6) is 17.2 Å². The average Bonchev–Trinajstić information content (AvgIpc) is 1.66. The van der Waals surface area contributed by atoms with E-state index in [2.05, 4.69) is 155 Å². The Bertz CT molecular complexity index is 5420. The minimum absolute atomic E-state index is 0.0353. The summed E-state index contributed by atoms with van der Waals surface area (Å²) in [5.74, 6) is 2.64. The molecule has 0 amide bonds. The van der Waals surface area contributed by atoms with Gasteiger partial charge in [0.2, 0.25) is 0 Å². The number of ether oxygens (including phenoxy) is 3. The molecule has 0 fully saturated rings. The molecule has 20 rings (SSSR count). The summed E-state index contributed by atoms with van der Waals surface area (Å²) >= 11 is 22.3. The number of nitriles is 1. The second kappa shape index (κ2) is 30.4. The molecule has 8 aliphatic rings. The Hall–Kier alpha value is -11.0. The van der Waals surface area contributed by atoms with Crippen LogP contribution in [0.4, 0.5) is 22.7 Å². The van der Waals surface area contributed by atoms with Gasteiger partial charge in [0.25, 0.3) is 0 Å². The van der Waals surface area contributed by atoms with Crippen LogP contribution >= 0.6 is 48.9 Å². The number of hydrogen-bond donors (Lipinski definition) is 0. The summed E-state index contributed by atoms with van der Waals surface area (Å²) < 4.78 is 25.1. The minimum atomic E-state index is 0.0353. The fraction of sp³-hybridized carbons (Fsp3) is 0.261. The normalized spacial score (nSPS) is 16.3. The SMILES string of the molecule is COc1ccc(C(c2cc3c4c(c2)CCN4C(=S)CC3)n2ccnc2)cc1.COc1cccc(C(c2cc3c4c(c2)CCN4C(=S)CC3)n2ccnc2)c1.COc1ccccc1C(c1cc2c3c(c1)CCN3C(=S)CC2)n1ccnc1.N#Cc1ccc(C(c2cc3c4c(c2)CCN4C(=S)CC3)n2ccnc2)cc1. The molecule has 8 aromatic carbocycles. The molecule has 12 aromatic rings. The summed E-state index contributed by atoms with van der Waals surface area (Å²) in [5.41, 5.74) is 27.3. The number of para-hydroxylation sites is 1. The molecule has 108 heavy (non-hydrogen) atoms. The Labute approximate surface area is 651 Å². The Morgan fingerprint density at radius 2 is 0.676 bits per heavy atom. The highest BCUT2D eigenvalue weighted by Crippen LogP contribution is 2.47. The molecule has 0 radical (unpaired) electrons. The largest absolute Gasteiger partial charge is 0.497 e. The van der Waals surface area contributed by atoms with Gasteiger partial charge in [-0.25, -0.2) is 19.9 Å². The first-order valence-electron chi connectivity index (χ1n) is 37.1. The van der Waals surface area contributed by atoms with E-state index < -0.39 is 0 Å². The predicted octanol–water partition coefficient (Wildman–Crippen LogP) is 16.5. The number of nitrogens with zero attached hydrogens (tertiary/aromatic N) is 13. The van der Waals surface area contributed by atoms with Gasteiger partial charge >= 0.3 is 0 Å². The molecule has 4 aromatic heterocycles. The maximum Gasteiger partial charge on any atom is 0.124 e. The van der Waals surface area contributed by atoms with Crippen LogP contribution in [-0.4, -0.2) is 106 Å². The third-order valence-electron chi connectivity index (χ3n) is 22.5. The van der Waals surface area contributed by atoms with Gasteiger partial charge in [0.05, 0.1) is 102 Å². The van der Waals surface area contributed by atoms with Crippen LogP contribution in [0.3, 0.4) is 0 Å². The zero-order valence-corrected chi connectivity index (χ0v) is 63.8. The maximum absolute atomic E-state index is 9.11. The summed E-state index contributed by atoms with van der Waals surface area (Å²) in [4.78, 5) is 30.8. The van der Waals surface area contributed by atoms with Crippen molar-refractivity contribution in [3.8, 4) is 23.3 Å². The minimum Gasteiger partial charge on any atom is -0.497 e. The molecule has 16 nitrogen and oxygen atoms in total. The van der Waals surface area contributed by atoms with Gasteiger partial charge in [0, 0.05) is 130 Å². The van der Waals surface area contributed by atoms with Crippen LogP contribution in [0.25, 0.3) is 0 Å². The predicted molar refractivity (Wildman–Crippen MR) is 442 cm³/mol. The Kier molecular flexibility index (Phi) is 19.7. The molecule has 4 atom stereocenters. The van der Waals surface area contributed by atoms with Crippen molar-refractivity contribution >= 4 is 91.6 Å². The van der Waals surface area contributed by atoms with Crippen molar-refractivity contribution < 1.29 is 14.2 Å². The highest BCUT2D eigenvalue weighted by atomic mass is 32.1. The van der Waals surface area contributed by atoms with Gasteiger partial charge in [0.15, 0.2) is 0 Å². The number of aryl methyl sites for hydroxylation is 4. The van der Waals surface area contributed by atoms with E-state index in [9.17, 15) is 0 Å². The summed E-state index contributed by atoms with van der Waals surface area (Å²) in [5, 5.41) is 9.11. The molecule has 0 aliphatic carbocycles. The van der Waals surface area contributed by atoms with Gasteiger partial charge in [-0.1, -0.05) is 152 Å². The molecule has 540 valence electrons. The molecule has 12 heterocycles. The van der Waals surface area contributed by atoms with Gasteiger partial charge in [-0.3, -0.25) is 0 Å². The summed E-state index contributed by atoms with van der Waals surface area (Å²) in [6.07, 6.45) is 35.2. The van der Waals surface area contributed by atoms with Crippen LogP contribution in [0, 0.1) is 11.3 Å². The lowest BCUT2D eigenvalue weighted by Gasteiger charge is -2.29. The van der Waals surface area contributed by atoms with Gasteiger partial charge < -0.3 is 52.1 Å². The average molecular weight is 1500 g/mol. The second-order valence-corrected chi connectivity index (χ2v) is 30.5. The summed E-state index contributed by atoms with van der Waals surface area (Å²) in [6.45, 7) is 4.04. The lowest BCUT2D eigenvalue weighted by Crippen LogP contribution is -2.31. The monoisotopic (exact) mass is 1500 g/mol. The van der Waals surface area contributed by atoms with E-state index in [0.717, 1.165) is 152 Å². The Morgan fingerprint density at radius 1 is 0.333 bits per heavy atom. The van der Waals surface area contributed by atoms with Crippen LogP contribution < -0.4 is 33.8 Å². The number of aromatic nitrogens is 8. The lowest BCUT2D eigenvalue weighted by molar-refractivity contribution is 0.405. The topological polar surface area (TPSA) is 136 Å². The van der Waals surface area contributed by atoms with Crippen LogP contribution in [-0.2, 0) is 51.4 Å². The van der Waals surface area contributed by atoms with Gasteiger partial charge in [-0.2, -0.15) is 5.26 Å². The van der Waals surface area contributed by atoms with Gasteiger partial charge in [0.1, 0.15) is 17.2 Å². The second-order valence-electron chi connectivity index (χ2n) is 28.6. The highest BCUT2D eigenvalue weighted by Gasteiger charge is 2.36. The van der Waals surface area contributed by atoms with Crippen molar-refractivity contribution in [1.29, 1.82) is 5.26 Å². The number of imidazole rings is 4. The summed E-state index contributed by atoms with van der Waals surface area (Å²) in [6, 6.07) is 54.0. The first-order chi connectivity index (χ1) is 53.0. The zero-order chi connectivity index (χ0) is 73.5. The number of thiocarbonyl (C=S) groups is 4. The molecular formula is C88H81N13O3S4. The van der Waals surface area contributed by atoms with E-state index in [1.807, 2.05) is 129 Å². The number of rotatable bonds is 15. The van der Waals surface area contributed by atoms with Crippen LogP contribution in [0.1, 0.15) is 144 Å². The maximum atomic E-state index is 9.11. The summed E-state index contributed by atoms with van der Waals surface area (Å²) in [7, 11) is 5.14. The number of benzene rings is 8. The van der Waals surface area contributed by atoms with E-state index in [0.29, 0.717) is 5.56 Å². The number of hydrogen-bond acceptors (Lipinski definition) is 12. The molecule has 0 spiro atoms. The lowest BCUT2D eigenvalue weighted by atomic mass is 9.91. The van der Waals surface area contributed by atoms with Gasteiger partial charge in [-0.05, 0) is 177 Å². The van der Waals surface area contributed by atoms with Crippen molar-refractivity contribution in [2.45, 2.75) is 101 Å². The first-order valence-corrected chi connectivity index (χ1v) is 38.8. The smallest absolute Gasteiger partial charge is 0.124 e. The molecule has 0 N–H and O–H groups in total. The van der Waals surface area contributed by atoms with E-state index >= 15 is 0 Å². The zero-order valence-electron chi connectivity index (χ0n) is 60.6. The number of anilines is 4. The van der Waals surface area contributed by atoms with E-state index in [-0.39, 0.29) is 24.2 Å².